The van der Waals surface area contributed by atoms with E-state index >= 15 is 0 Å². The molecule has 10 heavy (non-hydrogen) atoms. The van der Waals surface area contributed by atoms with Gasteiger partial charge in [-0.05, 0) is 13.0 Å². The van der Waals surface area contributed by atoms with Crippen molar-refractivity contribution in [3.63, 3.8) is 0 Å². The van der Waals surface area contributed by atoms with Crippen LogP contribution in [0.1, 0.15) is 6.92 Å². The molecule has 0 unspecified atom stereocenters. The van der Waals surface area contributed by atoms with Crippen LogP contribution in [-0.2, 0) is 14.5 Å². The van der Waals surface area contributed by atoms with Gasteiger partial charge in [0.05, 0.1) is 0 Å². The number of carbonyl (C=O) groups excluding carboxylic acids is 1. The molecular formula is C5H8NO4+. The summed E-state index contributed by atoms with van der Waals surface area (Å²) in [7, 11) is 1.45. The molecule has 0 aliphatic carbocycles. The highest BCUT2D eigenvalue weighted by Crippen LogP contribution is 2.19. The maximum absolute atomic E-state index is 10.1. The molecule has 0 aromatic heterocycles. The van der Waals surface area contributed by atoms with E-state index in [9.17, 15) is 4.79 Å². The van der Waals surface area contributed by atoms with Crippen molar-refractivity contribution in [3.8, 4) is 0 Å². The zero-order chi connectivity index (χ0) is 7.61. The van der Waals surface area contributed by atoms with Crippen LogP contribution in [0.15, 0.2) is 12.3 Å². The zero-order valence-electron chi connectivity index (χ0n) is 5.73. The third kappa shape index (κ3) is 1.19. The van der Waals surface area contributed by atoms with E-state index < -0.39 is 11.1 Å². The molecule has 1 saturated heterocycles. The first-order chi connectivity index (χ1) is 4.66. The first kappa shape index (κ1) is 6.88. The second kappa shape index (κ2) is 2.18. The fourth-order valence-electron chi connectivity index (χ4n) is 0.492. The van der Waals surface area contributed by atoms with E-state index in [1.807, 2.05) is 0 Å². The topological polar surface area (TPSA) is 44.8 Å². The summed E-state index contributed by atoms with van der Waals surface area (Å²) in [5, 5.41) is 0. The standard InChI is InChI=1S/C5H8NO4/c1-3-4-8-6(2)9-5(7)10-6/h3-4H,1-2H3/q+1. The van der Waals surface area contributed by atoms with Gasteiger partial charge >= 0.3 is 6.16 Å². The molecule has 0 spiro atoms. The second-order valence-corrected chi connectivity index (χ2v) is 1.78. The Kier molecular flexibility index (Phi) is 1.50. The largest absolute Gasteiger partial charge is 0.627 e. The number of quaternary nitrogens is 1. The van der Waals surface area contributed by atoms with E-state index in [2.05, 4.69) is 9.68 Å². The van der Waals surface area contributed by atoms with E-state index in [0.29, 0.717) is 0 Å². The van der Waals surface area contributed by atoms with Gasteiger partial charge < -0.3 is 0 Å². The second-order valence-electron chi connectivity index (χ2n) is 1.78. The molecule has 0 aromatic carbocycles. The average molecular weight is 146 g/mol. The summed E-state index contributed by atoms with van der Waals surface area (Å²) in [6.45, 7) is 1.77. The number of hydroxylamine groups is 3. The summed E-state index contributed by atoms with van der Waals surface area (Å²) in [5.41, 5.74) is 0. The number of hydrogen-bond donors (Lipinski definition) is 0. The van der Waals surface area contributed by atoms with Gasteiger partial charge in [0.15, 0.2) is 6.26 Å². The lowest BCUT2D eigenvalue weighted by molar-refractivity contribution is -1.37. The minimum atomic E-state index is -0.730. The third-order valence-corrected chi connectivity index (χ3v) is 0.869. The maximum atomic E-state index is 10.1. The van der Waals surface area contributed by atoms with Gasteiger partial charge in [0.25, 0.3) is 0 Å². The molecule has 0 atom stereocenters. The molecule has 0 bridgehead atoms. The summed E-state index contributed by atoms with van der Waals surface area (Å²) < 4.78 is 0. The number of allylic oxidation sites excluding steroid dienone is 1. The molecule has 5 heteroatoms. The van der Waals surface area contributed by atoms with Crippen LogP contribution in [0.4, 0.5) is 4.79 Å². The molecule has 0 saturated carbocycles. The molecule has 1 rings (SSSR count). The third-order valence-electron chi connectivity index (χ3n) is 0.869. The van der Waals surface area contributed by atoms with Crippen molar-refractivity contribution >= 4 is 6.16 Å². The van der Waals surface area contributed by atoms with Crippen LogP contribution < -0.4 is 0 Å². The van der Waals surface area contributed by atoms with Crippen LogP contribution in [-0.4, -0.2) is 18.2 Å². The minimum absolute atomic E-state index is 0.594. The van der Waals surface area contributed by atoms with E-state index in [0.717, 1.165) is 0 Å². The Morgan fingerprint density at radius 1 is 1.60 bits per heavy atom. The van der Waals surface area contributed by atoms with Crippen LogP contribution in [0.25, 0.3) is 0 Å². The first-order valence-electron chi connectivity index (χ1n) is 2.75. The predicted molar refractivity (Wildman–Crippen MR) is 29.6 cm³/mol. The van der Waals surface area contributed by atoms with Gasteiger partial charge in [0.1, 0.15) is 0 Å². The monoisotopic (exact) mass is 146 g/mol. The number of rotatable bonds is 2. The molecule has 1 fully saturated rings. The van der Waals surface area contributed by atoms with E-state index in [4.69, 9.17) is 4.84 Å². The van der Waals surface area contributed by atoms with Crippen LogP contribution >= 0.6 is 0 Å². The molecule has 1 aliphatic rings. The molecule has 0 radical (unpaired) electrons. The Balaban J connectivity index is 2.34. The highest BCUT2D eigenvalue weighted by atomic mass is 17.3. The van der Waals surface area contributed by atoms with Gasteiger partial charge in [-0.3, -0.25) is 0 Å². The molecule has 1 heterocycles. The SMILES string of the molecule is CC=CO[N+]1(C)OC(=O)O1. The quantitative estimate of drug-likeness (QED) is 0.428. The van der Waals surface area contributed by atoms with Gasteiger partial charge in [-0.25, -0.2) is 4.84 Å². The van der Waals surface area contributed by atoms with Crippen molar-refractivity contribution in [1.29, 1.82) is 0 Å². The Morgan fingerprint density at radius 3 is 2.60 bits per heavy atom. The summed E-state index contributed by atoms with van der Waals surface area (Å²) in [4.78, 5) is 23.2. The Hall–Kier alpha value is -1.23. The van der Waals surface area contributed by atoms with Gasteiger partial charge in [-0.15, -0.1) is 9.68 Å². The van der Waals surface area contributed by atoms with Crippen LogP contribution in [0.3, 0.4) is 0 Å². The Labute approximate surface area is 57.8 Å². The maximum Gasteiger partial charge on any atom is 0.627 e. The van der Waals surface area contributed by atoms with E-state index in [1.165, 1.54) is 13.3 Å². The number of carbonyl (C=O) groups is 1. The minimum Gasteiger partial charge on any atom is -0.233 e. The van der Waals surface area contributed by atoms with E-state index in [-0.39, 0.29) is 0 Å². The summed E-state index contributed by atoms with van der Waals surface area (Å²) in [5.74, 6) is 0. The van der Waals surface area contributed by atoms with Crippen molar-refractivity contribution in [3.05, 3.63) is 12.3 Å². The smallest absolute Gasteiger partial charge is 0.233 e. The summed E-state index contributed by atoms with van der Waals surface area (Å²) in [6.07, 6.45) is 2.29. The van der Waals surface area contributed by atoms with Crippen LogP contribution in [0, 0.1) is 0 Å². The van der Waals surface area contributed by atoms with Crippen molar-refractivity contribution in [2.24, 2.45) is 0 Å². The first-order valence-corrected chi connectivity index (χ1v) is 2.75. The molecule has 0 aromatic rings. The molecule has 56 valence electrons. The highest BCUT2D eigenvalue weighted by molar-refractivity contribution is 5.59. The highest BCUT2D eigenvalue weighted by Gasteiger charge is 2.50. The lowest BCUT2D eigenvalue weighted by Crippen LogP contribution is -2.55. The molecular weight excluding hydrogens is 138 g/mol. The Bertz CT molecular complexity index is 168. The van der Waals surface area contributed by atoms with Crippen molar-refractivity contribution in [2.45, 2.75) is 6.92 Å². The molecule has 0 N–H and O–H groups in total. The summed E-state index contributed by atoms with van der Waals surface area (Å²) in [6, 6.07) is 0. The molecule has 1 aliphatic heterocycles. The van der Waals surface area contributed by atoms with Gasteiger partial charge in [-0.1, -0.05) is 0 Å². The fourth-order valence-corrected chi connectivity index (χ4v) is 0.492. The van der Waals surface area contributed by atoms with Crippen molar-refractivity contribution in [2.75, 3.05) is 7.05 Å². The van der Waals surface area contributed by atoms with E-state index in [1.54, 1.807) is 13.0 Å². The van der Waals surface area contributed by atoms with Gasteiger partial charge in [0, 0.05) is 0 Å². The molecule has 5 nitrogen and oxygen atoms in total. The van der Waals surface area contributed by atoms with Gasteiger partial charge in [-0.2, -0.15) is 4.79 Å². The van der Waals surface area contributed by atoms with Crippen LogP contribution in [0.2, 0.25) is 0 Å². The normalized spacial score (nSPS) is 21.2. The number of hydrogen-bond acceptors (Lipinski definition) is 4. The summed E-state index contributed by atoms with van der Waals surface area (Å²) >= 11 is 0. The zero-order valence-corrected chi connectivity index (χ0v) is 5.73. The fraction of sp³-hybridized carbons (Fsp3) is 0.400. The van der Waals surface area contributed by atoms with Gasteiger partial charge in [0.2, 0.25) is 12.0 Å². The lowest BCUT2D eigenvalue weighted by atomic mass is 10.7. The van der Waals surface area contributed by atoms with Crippen molar-refractivity contribution in [1.82, 2.24) is 0 Å². The Morgan fingerprint density at radius 2 is 2.20 bits per heavy atom. The van der Waals surface area contributed by atoms with Crippen molar-refractivity contribution < 1.29 is 24.3 Å². The lowest BCUT2D eigenvalue weighted by Gasteiger charge is -2.26. The average Bonchev–Trinajstić information content (AvgIpc) is 1.81. The predicted octanol–water partition coefficient (Wildman–Crippen LogP) is 0.895. The van der Waals surface area contributed by atoms with Crippen LogP contribution in [0.5, 0.6) is 0 Å². The number of nitrogens with zero attached hydrogens (tertiary/aromatic N) is 1. The molecule has 0 amide bonds.